The summed E-state index contributed by atoms with van der Waals surface area (Å²) in [6.45, 7) is 2.15. The lowest BCUT2D eigenvalue weighted by Gasteiger charge is -2.36. The molecule has 3 rings (SSSR count). The summed E-state index contributed by atoms with van der Waals surface area (Å²) < 4.78 is 71.9. The van der Waals surface area contributed by atoms with Crippen molar-refractivity contribution in [2.24, 2.45) is 5.92 Å². The van der Waals surface area contributed by atoms with Crippen molar-refractivity contribution in [2.45, 2.75) is 35.8 Å². The molecule has 2 heterocycles. The molecule has 27 heavy (non-hydrogen) atoms. The number of pyridine rings is 1. The molecule has 1 fully saturated rings. The highest BCUT2D eigenvalue weighted by atomic mass is 79.9. The van der Waals surface area contributed by atoms with E-state index in [-0.39, 0.29) is 10.8 Å². The minimum absolute atomic E-state index is 0.285. The molecule has 1 aliphatic heterocycles. The van der Waals surface area contributed by atoms with E-state index in [2.05, 4.69) is 20.9 Å². The second-order valence-corrected chi connectivity index (χ2v) is 9.43. The normalized spacial score (nSPS) is 24.0. The van der Waals surface area contributed by atoms with Crippen molar-refractivity contribution in [1.82, 2.24) is 4.98 Å². The number of aromatic nitrogens is 1. The highest BCUT2D eigenvalue weighted by Crippen LogP contribution is 2.40. The number of ether oxygens (including phenoxy) is 1. The van der Waals surface area contributed by atoms with E-state index in [0.717, 1.165) is 12.1 Å². The van der Waals surface area contributed by atoms with Crippen LogP contribution >= 0.6 is 15.9 Å². The molecule has 1 aromatic heterocycles. The fraction of sp³-hybridized carbons (Fsp3) is 0.389. The van der Waals surface area contributed by atoms with Gasteiger partial charge in [-0.05, 0) is 52.5 Å². The molecule has 0 aliphatic carbocycles. The summed E-state index contributed by atoms with van der Waals surface area (Å²) in [5.41, 5.74) is -0.417. The van der Waals surface area contributed by atoms with E-state index in [1.165, 1.54) is 12.3 Å². The molecule has 4 nitrogen and oxygen atoms in total. The third-order valence-electron chi connectivity index (χ3n) is 4.66. The van der Waals surface area contributed by atoms with Crippen LogP contribution in [0, 0.1) is 5.92 Å². The van der Waals surface area contributed by atoms with Crippen LogP contribution in [0.15, 0.2) is 52.1 Å². The standard InChI is InChI=1S/C18H17BrF3NO3S/c1-11-7-8-26-16(12-5-6-15(19)23-10-12)17(11)27(24,25)14-4-2-3-13(9-14)18(20,21)22/h2-6,9-11,16-17H,7-8H2,1H3. The van der Waals surface area contributed by atoms with Gasteiger partial charge in [0.15, 0.2) is 9.84 Å². The first-order chi connectivity index (χ1) is 12.6. The minimum atomic E-state index is -4.62. The van der Waals surface area contributed by atoms with E-state index in [0.29, 0.717) is 29.3 Å². The molecule has 3 unspecified atom stereocenters. The van der Waals surface area contributed by atoms with Crippen LogP contribution in [0.25, 0.3) is 0 Å². The van der Waals surface area contributed by atoms with Crippen LogP contribution in [0.3, 0.4) is 0 Å². The van der Waals surface area contributed by atoms with E-state index >= 15 is 0 Å². The lowest BCUT2D eigenvalue weighted by atomic mass is 9.93. The van der Waals surface area contributed by atoms with Crippen molar-refractivity contribution in [3.63, 3.8) is 0 Å². The van der Waals surface area contributed by atoms with Gasteiger partial charge in [-0.1, -0.05) is 19.1 Å². The zero-order valence-corrected chi connectivity index (χ0v) is 16.7. The first kappa shape index (κ1) is 20.3. The quantitative estimate of drug-likeness (QED) is 0.613. The zero-order valence-electron chi connectivity index (χ0n) is 14.3. The first-order valence-electron chi connectivity index (χ1n) is 8.25. The predicted octanol–water partition coefficient (Wildman–Crippen LogP) is 4.80. The summed E-state index contributed by atoms with van der Waals surface area (Å²) in [7, 11) is -4.07. The lowest BCUT2D eigenvalue weighted by Crippen LogP contribution is -2.40. The summed E-state index contributed by atoms with van der Waals surface area (Å²) in [5, 5.41) is -1.00. The Morgan fingerprint density at radius 2 is 1.96 bits per heavy atom. The lowest BCUT2D eigenvalue weighted by molar-refractivity contribution is -0.137. The SMILES string of the molecule is CC1CCOC(c2ccc(Br)nc2)C1S(=O)(=O)c1cccc(C(F)(F)F)c1. The van der Waals surface area contributed by atoms with Crippen molar-refractivity contribution >= 4 is 25.8 Å². The van der Waals surface area contributed by atoms with Gasteiger partial charge in [0.05, 0.1) is 15.7 Å². The van der Waals surface area contributed by atoms with Crippen molar-refractivity contribution in [1.29, 1.82) is 0 Å². The zero-order chi connectivity index (χ0) is 19.8. The molecule has 146 valence electrons. The van der Waals surface area contributed by atoms with Gasteiger partial charge in [-0.25, -0.2) is 13.4 Å². The van der Waals surface area contributed by atoms with E-state index < -0.39 is 32.9 Å². The van der Waals surface area contributed by atoms with Crippen LogP contribution < -0.4 is 0 Å². The van der Waals surface area contributed by atoms with Crippen LogP contribution in [0.4, 0.5) is 13.2 Å². The average Bonchev–Trinajstić information content (AvgIpc) is 2.61. The average molecular weight is 464 g/mol. The third kappa shape index (κ3) is 4.20. The second-order valence-electron chi connectivity index (χ2n) is 6.51. The van der Waals surface area contributed by atoms with Crippen LogP contribution in [0.5, 0.6) is 0 Å². The molecule has 3 atom stereocenters. The number of nitrogens with zero attached hydrogens (tertiary/aromatic N) is 1. The van der Waals surface area contributed by atoms with Crippen molar-refractivity contribution in [2.75, 3.05) is 6.61 Å². The summed E-state index contributed by atoms with van der Waals surface area (Å²) in [6, 6.07) is 7.23. The summed E-state index contributed by atoms with van der Waals surface area (Å²) in [5.74, 6) is -0.285. The van der Waals surface area contributed by atoms with Crippen molar-refractivity contribution in [3.8, 4) is 0 Å². The van der Waals surface area contributed by atoms with Gasteiger partial charge in [-0.3, -0.25) is 0 Å². The van der Waals surface area contributed by atoms with E-state index in [1.54, 1.807) is 19.1 Å². The van der Waals surface area contributed by atoms with Gasteiger partial charge in [0.2, 0.25) is 0 Å². The second kappa shape index (κ2) is 7.52. The van der Waals surface area contributed by atoms with Crippen LogP contribution in [0.1, 0.15) is 30.6 Å². The molecular formula is C18H17BrF3NO3S. The van der Waals surface area contributed by atoms with Gasteiger partial charge in [-0.2, -0.15) is 13.2 Å². The first-order valence-corrected chi connectivity index (χ1v) is 10.6. The number of alkyl halides is 3. The molecule has 1 saturated heterocycles. The summed E-state index contributed by atoms with van der Waals surface area (Å²) in [6.07, 6.45) is -3.39. The van der Waals surface area contributed by atoms with Gasteiger partial charge in [0, 0.05) is 18.4 Å². The van der Waals surface area contributed by atoms with E-state index in [4.69, 9.17) is 4.74 Å². The largest absolute Gasteiger partial charge is 0.416 e. The molecule has 0 spiro atoms. The molecular weight excluding hydrogens is 447 g/mol. The van der Waals surface area contributed by atoms with Gasteiger partial charge in [0.25, 0.3) is 0 Å². The topological polar surface area (TPSA) is 56.3 Å². The highest BCUT2D eigenvalue weighted by Gasteiger charge is 2.43. The van der Waals surface area contributed by atoms with Crippen molar-refractivity contribution in [3.05, 3.63) is 58.3 Å². The van der Waals surface area contributed by atoms with E-state index in [9.17, 15) is 21.6 Å². The third-order valence-corrected chi connectivity index (χ3v) is 7.47. The maximum Gasteiger partial charge on any atom is 0.416 e. The Labute approximate surface area is 163 Å². The maximum atomic E-state index is 13.3. The van der Waals surface area contributed by atoms with Gasteiger partial charge >= 0.3 is 6.18 Å². The molecule has 1 aliphatic rings. The predicted molar refractivity (Wildman–Crippen MR) is 96.8 cm³/mol. The maximum absolute atomic E-state index is 13.3. The number of hydrogen-bond acceptors (Lipinski definition) is 4. The van der Waals surface area contributed by atoms with Gasteiger partial charge in [0.1, 0.15) is 10.7 Å². The van der Waals surface area contributed by atoms with Gasteiger partial charge < -0.3 is 4.74 Å². The molecule has 2 aromatic rings. The molecule has 0 amide bonds. The smallest absolute Gasteiger partial charge is 0.372 e. The summed E-state index contributed by atoms with van der Waals surface area (Å²) >= 11 is 3.22. The fourth-order valence-corrected chi connectivity index (χ4v) is 5.67. The molecule has 1 aromatic carbocycles. The Morgan fingerprint density at radius 1 is 1.22 bits per heavy atom. The number of rotatable bonds is 3. The van der Waals surface area contributed by atoms with Crippen LogP contribution in [-0.2, 0) is 20.8 Å². The Morgan fingerprint density at radius 3 is 2.59 bits per heavy atom. The Bertz CT molecular complexity index is 916. The summed E-state index contributed by atoms with van der Waals surface area (Å²) in [4.78, 5) is 3.76. The fourth-order valence-electron chi connectivity index (χ4n) is 3.25. The Balaban J connectivity index is 2.05. The van der Waals surface area contributed by atoms with Crippen LogP contribution in [0.2, 0.25) is 0 Å². The number of halogens is 4. The van der Waals surface area contributed by atoms with Gasteiger partial charge in [-0.15, -0.1) is 0 Å². The molecule has 9 heteroatoms. The molecule has 0 N–H and O–H groups in total. The van der Waals surface area contributed by atoms with Crippen molar-refractivity contribution < 1.29 is 26.3 Å². The monoisotopic (exact) mass is 463 g/mol. The molecule has 0 saturated carbocycles. The van der Waals surface area contributed by atoms with E-state index in [1.807, 2.05) is 0 Å². The Hall–Kier alpha value is -1.45. The number of benzene rings is 1. The number of hydrogen-bond donors (Lipinski definition) is 0. The molecule has 0 radical (unpaired) electrons. The number of sulfone groups is 1. The Kier molecular flexibility index (Phi) is 5.65. The van der Waals surface area contributed by atoms with Crippen LogP contribution in [-0.4, -0.2) is 25.3 Å². The molecule has 0 bridgehead atoms. The highest BCUT2D eigenvalue weighted by molar-refractivity contribution is 9.10. The minimum Gasteiger partial charge on any atom is -0.372 e.